The summed E-state index contributed by atoms with van der Waals surface area (Å²) in [6, 6.07) is 2.78. The monoisotopic (exact) mass is 184 g/mol. The average Bonchev–Trinajstić information content (AvgIpc) is 1.98. The van der Waals surface area contributed by atoms with Crippen LogP contribution in [0.25, 0.3) is 0 Å². The molecule has 0 N–H and O–H groups in total. The number of allylic oxidation sites excluding steroid dienone is 1. The van der Waals surface area contributed by atoms with E-state index in [1.807, 2.05) is 0 Å². The summed E-state index contributed by atoms with van der Waals surface area (Å²) in [7, 11) is -0.871. The second-order valence-corrected chi connectivity index (χ2v) is 9.70. The van der Waals surface area contributed by atoms with Gasteiger partial charge in [-0.1, -0.05) is 57.8 Å². The molecule has 0 saturated heterocycles. The second kappa shape index (κ2) is 6.47. The minimum absolute atomic E-state index is 0.871. The lowest BCUT2D eigenvalue weighted by molar-refractivity contribution is 0.696. The van der Waals surface area contributed by atoms with Gasteiger partial charge in [0.1, 0.15) is 0 Å². The van der Waals surface area contributed by atoms with E-state index in [-0.39, 0.29) is 0 Å². The van der Waals surface area contributed by atoms with Crippen molar-refractivity contribution in [1.82, 2.24) is 0 Å². The smallest absolute Gasteiger partial charge is 0.0511 e. The van der Waals surface area contributed by atoms with Gasteiger partial charge in [0.25, 0.3) is 0 Å². The maximum Gasteiger partial charge on any atom is 0.0511 e. The lowest BCUT2D eigenvalue weighted by Gasteiger charge is -2.19. The van der Waals surface area contributed by atoms with Crippen LogP contribution in [0.3, 0.4) is 0 Å². The van der Waals surface area contributed by atoms with Gasteiger partial charge in [-0.25, -0.2) is 0 Å². The third kappa shape index (κ3) is 6.65. The van der Waals surface area contributed by atoms with E-state index in [0.29, 0.717) is 0 Å². The highest BCUT2D eigenvalue weighted by Gasteiger charge is 2.17. The fraction of sp³-hybridized carbons (Fsp3) is 0.818. The van der Waals surface area contributed by atoms with Gasteiger partial charge in [-0.05, 0) is 6.04 Å². The van der Waals surface area contributed by atoms with Crippen LogP contribution < -0.4 is 0 Å². The van der Waals surface area contributed by atoms with Gasteiger partial charge in [-0.15, -0.1) is 6.58 Å². The molecule has 72 valence electrons. The third-order valence-electron chi connectivity index (χ3n) is 2.40. The SMILES string of the molecule is C=CC[Si](C)(C)CCCCCC. The topological polar surface area (TPSA) is 0 Å². The average molecular weight is 184 g/mol. The summed E-state index contributed by atoms with van der Waals surface area (Å²) in [5.41, 5.74) is 0. The molecule has 0 spiro atoms. The third-order valence-corrected chi connectivity index (χ3v) is 5.50. The van der Waals surface area contributed by atoms with Crippen molar-refractivity contribution in [3.05, 3.63) is 12.7 Å². The van der Waals surface area contributed by atoms with E-state index in [1.165, 1.54) is 37.8 Å². The molecule has 0 nitrogen and oxygen atoms in total. The van der Waals surface area contributed by atoms with Crippen LogP contribution in [0.4, 0.5) is 0 Å². The van der Waals surface area contributed by atoms with E-state index in [2.05, 4.69) is 32.7 Å². The van der Waals surface area contributed by atoms with E-state index in [9.17, 15) is 0 Å². The van der Waals surface area contributed by atoms with Crippen molar-refractivity contribution in [1.29, 1.82) is 0 Å². The first kappa shape index (κ1) is 12.0. The number of rotatable bonds is 7. The van der Waals surface area contributed by atoms with Gasteiger partial charge in [0.15, 0.2) is 0 Å². The Labute approximate surface area is 79.1 Å². The Kier molecular flexibility index (Phi) is 6.45. The van der Waals surface area contributed by atoms with Crippen molar-refractivity contribution >= 4 is 8.07 Å². The van der Waals surface area contributed by atoms with E-state index in [4.69, 9.17) is 0 Å². The maximum absolute atomic E-state index is 3.82. The predicted molar refractivity (Wildman–Crippen MR) is 61.4 cm³/mol. The van der Waals surface area contributed by atoms with Crippen LogP contribution in [0.1, 0.15) is 32.6 Å². The molecule has 0 aliphatic carbocycles. The molecule has 0 rings (SSSR count). The summed E-state index contributed by atoms with van der Waals surface area (Å²) in [6.07, 6.45) is 7.75. The molecule has 0 aliphatic heterocycles. The summed E-state index contributed by atoms with van der Waals surface area (Å²) >= 11 is 0. The van der Waals surface area contributed by atoms with Crippen molar-refractivity contribution in [2.75, 3.05) is 0 Å². The molecule has 12 heavy (non-hydrogen) atoms. The lowest BCUT2D eigenvalue weighted by atomic mass is 10.2. The van der Waals surface area contributed by atoms with Crippen LogP contribution in [-0.2, 0) is 0 Å². The first-order valence-electron chi connectivity index (χ1n) is 5.23. The summed E-state index contributed by atoms with van der Waals surface area (Å²) < 4.78 is 0. The molecule has 0 saturated carbocycles. The van der Waals surface area contributed by atoms with Crippen molar-refractivity contribution in [3.8, 4) is 0 Å². The van der Waals surface area contributed by atoms with E-state index in [1.54, 1.807) is 0 Å². The number of unbranched alkanes of at least 4 members (excludes halogenated alkanes) is 3. The standard InChI is InChI=1S/C11H24Si/c1-5-7-8-9-11-12(3,4)10-6-2/h6H,2,5,7-11H2,1,3-4H3. The lowest BCUT2D eigenvalue weighted by Crippen LogP contribution is -2.23. The largest absolute Gasteiger partial charge is 0.103 e. The van der Waals surface area contributed by atoms with Gasteiger partial charge < -0.3 is 0 Å². The molecule has 0 radical (unpaired) electrons. The zero-order chi connectivity index (χ0) is 9.45. The Balaban J connectivity index is 3.39. The fourth-order valence-electron chi connectivity index (χ4n) is 1.52. The molecule has 0 unspecified atom stereocenters. The van der Waals surface area contributed by atoms with E-state index in [0.717, 1.165) is 0 Å². The Morgan fingerprint density at radius 3 is 2.33 bits per heavy atom. The van der Waals surface area contributed by atoms with Crippen LogP contribution in [0.2, 0.25) is 25.2 Å². The van der Waals surface area contributed by atoms with Crippen molar-refractivity contribution in [2.24, 2.45) is 0 Å². The molecule has 1 heteroatoms. The highest BCUT2D eigenvalue weighted by molar-refractivity contribution is 6.77. The van der Waals surface area contributed by atoms with Crippen LogP contribution in [-0.4, -0.2) is 8.07 Å². The van der Waals surface area contributed by atoms with Crippen molar-refractivity contribution in [3.63, 3.8) is 0 Å². The molecular weight excluding hydrogens is 160 g/mol. The quantitative estimate of drug-likeness (QED) is 0.311. The first-order chi connectivity index (χ1) is 5.62. The van der Waals surface area contributed by atoms with Crippen LogP contribution in [0, 0.1) is 0 Å². The molecule has 0 aromatic rings. The van der Waals surface area contributed by atoms with E-state index >= 15 is 0 Å². The minimum Gasteiger partial charge on any atom is -0.103 e. The summed E-state index contributed by atoms with van der Waals surface area (Å²) in [4.78, 5) is 0. The van der Waals surface area contributed by atoms with Crippen LogP contribution in [0.5, 0.6) is 0 Å². The molecule has 0 fully saturated rings. The normalized spacial score (nSPS) is 11.6. The maximum atomic E-state index is 3.82. The summed E-state index contributed by atoms with van der Waals surface area (Å²) in [6.45, 7) is 11.0. The Morgan fingerprint density at radius 2 is 1.83 bits per heavy atom. The van der Waals surface area contributed by atoms with Crippen LogP contribution >= 0.6 is 0 Å². The van der Waals surface area contributed by atoms with Gasteiger partial charge in [-0.3, -0.25) is 0 Å². The van der Waals surface area contributed by atoms with Crippen LogP contribution in [0.15, 0.2) is 12.7 Å². The van der Waals surface area contributed by atoms with Gasteiger partial charge >= 0.3 is 0 Å². The van der Waals surface area contributed by atoms with Gasteiger partial charge in [0.2, 0.25) is 0 Å². The molecule has 0 atom stereocenters. The molecular formula is C11H24Si. The Hall–Kier alpha value is -0.0431. The predicted octanol–water partition coefficient (Wildman–Crippen LogP) is 4.46. The summed E-state index contributed by atoms with van der Waals surface area (Å²) in [5, 5.41) is 0. The fourth-order valence-corrected chi connectivity index (χ4v) is 3.72. The molecule has 0 bridgehead atoms. The zero-order valence-corrected chi connectivity index (χ0v) is 10.0. The molecule has 0 aromatic heterocycles. The minimum atomic E-state index is -0.871. The van der Waals surface area contributed by atoms with Gasteiger partial charge in [-0.2, -0.15) is 0 Å². The van der Waals surface area contributed by atoms with E-state index < -0.39 is 8.07 Å². The van der Waals surface area contributed by atoms with Crippen molar-refractivity contribution in [2.45, 2.75) is 57.8 Å². The zero-order valence-electron chi connectivity index (χ0n) is 9.03. The summed E-state index contributed by atoms with van der Waals surface area (Å²) in [5.74, 6) is 0. The highest BCUT2D eigenvalue weighted by atomic mass is 28.3. The molecule has 0 aromatic carbocycles. The molecule has 0 heterocycles. The Bertz CT molecular complexity index is 116. The van der Waals surface area contributed by atoms with Gasteiger partial charge in [0.05, 0.1) is 8.07 Å². The number of hydrogen-bond donors (Lipinski definition) is 0. The molecule has 0 amide bonds. The molecule has 0 aliphatic rings. The first-order valence-corrected chi connectivity index (χ1v) is 8.64. The highest BCUT2D eigenvalue weighted by Crippen LogP contribution is 2.19. The second-order valence-electron chi connectivity index (χ2n) is 4.47. The number of hydrogen-bond acceptors (Lipinski definition) is 0. The van der Waals surface area contributed by atoms with Gasteiger partial charge in [0, 0.05) is 0 Å². The Morgan fingerprint density at radius 1 is 1.17 bits per heavy atom. The van der Waals surface area contributed by atoms with Crippen molar-refractivity contribution < 1.29 is 0 Å².